The Balaban J connectivity index is 2.74. The predicted octanol–water partition coefficient (Wildman–Crippen LogP) is 2.13. The van der Waals surface area contributed by atoms with Crippen LogP contribution in [0.3, 0.4) is 0 Å². The predicted molar refractivity (Wildman–Crippen MR) is 83.2 cm³/mol. The molecule has 0 aliphatic heterocycles. The van der Waals surface area contributed by atoms with E-state index in [1.165, 1.54) is 5.56 Å². The van der Waals surface area contributed by atoms with Crippen LogP contribution in [0, 0.1) is 0 Å². The molecule has 19 heavy (non-hydrogen) atoms. The zero-order chi connectivity index (χ0) is 14.5. The first-order valence-corrected chi connectivity index (χ1v) is 7.10. The summed E-state index contributed by atoms with van der Waals surface area (Å²) >= 11 is 0. The zero-order valence-corrected chi connectivity index (χ0v) is 13.1. The molecule has 0 saturated heterocycles. The smallest absolute Gasteiger partial charge is 0.0510 e. The number of nitrogens with zero attached hydrogens (tertiary/aromatic N) is 2. The third kappa shape index (κ3) is 4.94. The third-order valence-corrected chi connectivity index (χ3v) is 3.62. The second-order valence-corrected chi connectivity index (χ2v) is 5.96. The molecule has 0 heterocycles. The number of likely N-dealkylation sites (N-methyl/N-ethyl adjacent to an activating group) is 2. The summed E-state index contributed by atoms with van der Waals surface area (Å²) in [5.74, 6) is 0. The Labute approximate surface area is 118 Å². The normalized spacial score (nSPS) is 16.6. The van der Waals surface area contributed by atoms with Crippen LogP contribution in [0.2, 0.25) is 0 Å². The summed E-state index contributed by atoms with van der Waals surface area (Å²) in [6.07, 6.45) is 0. The Hall–Kier alpha value is -0.900. The van der Waals surface area contributed by atoms with E-state index in [-0.39, 0.29) is 5.54 Å². The van der Waals surface area contributed by atoms with Gasteiger partial charge in [0.05, 0.1) is 5.54 Å². The molecule has 2 N–H and O–H groups in total. The molecule has 0 amide bonds. The van der Waals surface area contributed by atoms with Gasteiger partial charge in [-0.05, 0) is 40.1 Å². The van der Waals surface area contributed by atoms with Crippen LogP contribution in [0.1, 0.15) is 26.3 Å². The quantitative estimate of drug-likeness (QED) is 0.818. The van der Waals surface area contributed by atoms with Gasteiger partial charge >= 0.3 is 0 Å². The largest absolute Gasteiger partial charge is 0.321 e. The topological polar surface area (TPSA) is 32.5 Å². The van der Waals surface area contributed by atoms with Gasteiger partial charge < -0.3 is 10.6 Å². The van der Waals surface area contributed by atoms with Gasteiger partial charge in [0, 0.05) is 19.1 Å². The van der Waals surface area contributed by atoms with Gasteiger partial charge in [-0.3, -0.25) is 4.90 Å². The van der Waals surface area contributed by atoms with Crippen molar-refractivity contribution in [1.29, 1.82) is 0 Å². The van der Waals surface area contributed by atoms with Crippen molar-refractivity contribution < 1.29 is 0 Å². The second-order valence-electron chi connectivity index (χ2n) is 5.96. The van der Waals surface area contributed by atoms with E-state index in [1.54, 1.807) is 0 Å². The Morgan fingerprint density at radius 1 is 1.21 bits per heavy atom. The van der Waals surface area contributed by atoms with Crippen molar-refractivity contribution in [3.8, 4) is 0 Å². The lowest BCUT2D eigenvalue weighted by Crippen LogP contribution is -2.50. The van der Waals surface area contributed by atoms with E-state index < -0.39 is 0 Å². The van der Waals surface area contributed by atoms with E-state index in [4.69, 9.17) is 5.73 Å². The van der Waals surface area contributed by atoms with Gasteiger partial charge in [0.1, 0.15) is 0 Å². The summed E-state index contributed by atoms with van der Waals surface area (Å²) in [5, 5.41) is 0. The highest BCUT2D eigenvalue weighted by Crippen LogP contribution is 2.19. The van der Waals surface area contributed by atoms with E-state index in [1.807, 2.05) is 6.07 Å². The number of benzene rings is 1. The molecule has 0 aliphatic carbocycles. The van der Waals surface area contributed by atoms with Gasteiger partial charge in [-0.15, -0.1) is 0 Å². The van der Waals surface area contributed by atoms with Crippen LogP contribution in [-0.2, 0) is 5.54 Å². The molecule has 108 valence electrons. The molecule has 2 unspecified atom stereocenters. The Kier molecular flexibility index (Phi) is 5.98. The van der Waals surface area contributed by atoms with E-state index in [2.05, 4.69) is 68.9 Å². The summed E-state index contributed by atoms with van der Waals surface area (Å²) < 4.78 is 0. The standard InChI is InChI=1S/C16H29N3/c1-6-19(14(2)12-18(4)5)13-16(3,17)15-10-8-7-9-11-15/h7-11,14H,6,12-13,17H2,1-5H3. The summed E-state index contributed by atoms with van der Waals surface area (Å²) in [4.78, 5) is 4.68. The first-order chi connectivity index (χ1) is 8.86. The van der Waals surface area contributed by atoms with Gasteiger partial charge in [-0.1, -0.05) is 37.3 Å². The van der Waals surface area contributed by atoms with Crippen LogP contribution < -0.4 is 5.73 Å². The lowest BCUT2D eigenvalue weighted by Gasteiger charge is -2.37. The third-order valence-electron chi connectivity index (χ3n) is 3.62. The molecule has 0 radical (unpaired) electrons. The maximum atomic E-state index is 6.53. The van der Waals surface area contributed by atoms with Crippen molar-refractivity contribution in [2.45, 2.75) is 32.4 Å². The highest BCUT2D eigenvalue weighted by Gasteiger charge is 2.26. The molecule has 0 aliphatic rings. The molecular weight excluding hydrogens is 234 g/mol. The lowest BCUT2D eigenvalue weighted by atomic mass is 9.92. The van der Waals surface area contributed by atoms with E-state index in [0.717, 1.165) is 19.6 Å². The van der Waals surface area contributed by atoms with E-state index in [9.17, 15) is 0 Å². The molecule has 2 atom stereocenters. The van der Waals surface area contributed by atoms with E-state index >= 15 is 0 Å². The first kappa shape index (κ1) is 16.2. The van der Waals surface area contributed by atoms with Crippen LogP contribution in [-0.4, -0.2) is 49.6 Å². The van der Waals surface area contributed by atoms with Gasteiger partial charge in [-0.2, -0.15) is 0 Å². The Morgan fingerprint density at radius 3 is 2.26 bits per heavy atom. The van der Waals surface area contributed by atoms with Gasteiger partial charge in [0.25, 0.3) is 0 Å². The minimum absolute atomic E-state index is 0.308. The highest BCUT2D eigenvalue weighted by atomic mass is 15.2. The summed E-state index contributed by atoms with van der Waals surface area (Å²) in [7, 11) is 4.23. The zero-order valence-electron chi connectivity index (χ0n) is 13.1. The molecule has 0 spiro atoms. The van der Waals surface area contributed by atoms with Crippen molar-refractivity contribution in [2.24, 2.45) is 5.73 Å². The van der Waals surface area contributed by atoms with Gasteiger partial charge in [0.15, 0.2) is 0 Å². The Bertz CT molecular complexity index is 360. The maximum Gasteiger partial charge on any atom is 0.0510 e. The molecule has 1 rings (SSSR count). The first-order valence-electron chi connectivity index (χ1n) is 7.10. The molecule has 1 aromatic rings. The molecule has 3 heteroatoms. The van der Waals surface area contributed by atoms with Crippen LogP contribution in [0.15, 0.2) is 30.3 Å². The van der Waals surface area contributed by atoms with Crippen LogP contribution in [0.25, 0.3) is 0 Å². The van der Waals surface area contributed by atoms with Crippen molar-refractivity contribution >= 4 is 0 Å². The van der Waals surface area contributed by atoms with Crippen molar-refractivity contribution in [2.75, 3.05) is 33.7 Å². The fraction of sp³-hybridized carbons (Fsp3) is 0.625. The van der Waals surface area contributed by atoms with Crippen molar-refractivity contribution in [3.05, 3.63) is 35.9 Å². The Morgan fingerprint density at radius 2 is 1.79 bits per heavy atom. The molecule has 0 saturated carbocycles. The fourth-order valence-electron chi connectivity index (χ4n) is 2.56. The van der Waals surface area contributed by atoms with Crippen LogP contribution in [0.5, 0.6) is 0 Å². The minimum atomic E-state index is -0.308. The van der Waals surface area contributed by atoms with Gasteiger partial charge in [-0.25, -0.2) is 0 Å². The highest BCUT2D eigenvalue weighted by molar-refractivity contribution is 5.23. The molecule has 0 bridgehead atoms. The summed E-state index contributed by atoms with van der Waals surface area (Å²) in [5.41, 5.74) is 7.42. The van der Waals surface area contributed by atoms with Gasteiger partial charge in [0.2, 0.25) is 0 Å². The van der Waals surface area contributed by atoms with Crippen LogP contribution in [0.4, 0.5) is 0 Å². The van der Waals surface area contributed by atoms with E-state index in [0.29, 0.717) is 6.04 Å². The molecule has 3 nitrogen and oxygen atoms in total. The number of hydrogen-bond donors (Lipinski definition) is 1. The van der Waals surface area contributed by atoms with Crippen LogP contribution >= 0.6 is 0 Å². The van der Waals surface area contributed by atoms with Crippen molar-refractivity contribution in [1.82, 2.24) is 9.80 Å². The molecular formula is C16H29N3. The number of rotatable bonds is 7. The molecule has 0 fully saturated rings. The number of hydrogen-bond acceptors (Lipinski definition) is 3. The monoisotopic (exact) mass is 263 g/mol. The summed E-state index contributed by atoms with van der Waals surface area (Å²) in [6, 6.07) is 10.9. The fourth-order valence-corrected chi connectivity index (χ4v) is 2.56. The summed E-state index contributed by atoms with van der Waals surface area (Å²) in [6.45, 7) is 9.54. The molecule has 1 aromatic carbocycles. The lowest BCUT2D eigenvalue weighted by molar-refractivity contribution is 0.149. The maximum absolute atomic E-state index is 6.53. The molecule has 0 aromatic heterocycles. The average molecular weight is 263 g/mol. The minimum Gasteiger partial charge on any atom is -0.321 e. The average Bonchev–Trinajstić information content (AvgIpc) is 2.36. The second kappa shape index (κ2) is 7.04. The number of nitrogens with two attached hydrogens (primary N) is 1. The van der Waals surface area contributed by atoms with Crippen molar-refractivity contribution in [3.63, 3.8) is 0 Å². The SMILES string of the molecule is CCN(CC(C)(N)c1ccccc1)C(C)CN(C)C.